The Morgan fingerprint density at radius 3 is 2.52 bits per heavy atom. The first-order chi connectivity index (χ1) is 12.7. The van der Waals surface area contributed by atoms with Crippen LogP contribution in [0, 0.1) is 6.92 Å². The maximum atomic E-state index is 12.3. The molecule has 0 spiro atoms. The van der Waals surface area contributed by atoms with E-state index in [2.05, 4.69) is 10.6 Å². The van der Waals surface area contributed by atoms with Crippen molar-refractivity contribution in [3.8, 4) is 5.75 Å². The molecule has 0 saturated carbocycles. The number of ether oxygens (including phenoxy) is 1. The van der Waals surface area contributed by atoms with Crippen LogP contribution >= 0.6 is 0 Å². The molecule has 2 amide bonds. The first kappa shape index (κ1) is 20.4. The van der Waals surface area contributed by atoms with E-state index in [0.29, 0.717) is 23.5 Å². The lowest BCUT2D eigenvalue weighted by Crippen LogP contribution is -2.33. The molecule has 2 aromatic carbocycles. The van der Waals surface area contributed by atoms with Crippen molar-refractivity contribution in [2.75, 3.05) is 18.5 Å². The molecule has 0 heterocycles. The van der Waals surface area contributed by atoms with Gasteiger partial charge in [0.1, 0.15) is 5.75 Å². The largest absolute Gasteiger partial charge is 0.493 e. The quantitative estimate of drug-likeness (QED) is 0.657. The van der Waals surface area contributed by atoms with E-state index in [4.69, 9.17) is 9.88 Å². The number of hydrogen-bond acceptors (Lipinski definition) is 5. The number of sulfonamides is 1. The minimum atomic E-state index is -3.90. The van der Waals surface area contributed by atoms with E-state index in [-0.39, 0.29) is 17.1 Å². The molecule has 0 aliphatic heterocycles. The highest BCUT2D eigenvalue weighted by atomic mass is 32.2. The van der Waals surface area contributed by atoms with Crippen molar-refractivity contribution in [1.82, 2.24) is 5.32 Å². The van der Waals surface area contributed by atoms with Gasteiger partial charge in [-0.3, -0.25) is 9.59 Å². The summed E-state index contributed by atoms with van der Waals surface area (Å²) in [7, 11) is -3.90. The van der Waals surface area contributed by atoms with Crippen LogP contribution in [0.3, 0.4) is 0 Å². The molecule has 2 aromatic rings. The van der Waals surface area contributed by atoms with Gasteiger partial charge < -0.3 is 15.4 Å². The molecule has 4 N–H and O–H groups in total. The highest BCUT2D eigenvalue weighted by molar-refractivity contribution is 7.89. The van der Waals surface area contributed by atoms with Gasteiger partial charge >= 0.3 is 0 Å². The molecular formula is C18H21N3O5S. The second-order valence-corrected chi connectivity index (χ2v) is 7.22. The fourth-order valence-electron chi connectivity index (χ4n) is 2.38. The lowest BCUT2D eigenvalue weighted by Gasteiger charge is -2.11. The van der Waals surface area contributed by atoms with Crippen molar-refractivity contribution < 1.29 is 22.7 Å². The summed E-state index contributed by atoms with van der Waals surface area (Å²) >= 11 is 0. The van der Waals surface area contributed by atoms with Crippen LogP contribution in [0.25, 0.3) is 0 Å². The number of benzene rings is 2. The molecule has 0 aromatic heterocycles. The Labute approximate surface area is 157 Å². The topological polar surface area (TPSA) is 128 Å². The van der Waals surface area contributed by atoms with Crippen molar-refractivity contribution in [1.29, 1.82) is 0 Å². The zero-order valence-corrected chi connectivity index (χ0v) is 15.8. The Balaban J connectivity index is 2.02. The molecule has 144 valence electrons. The second kappa shape index (κ2) is 8.65. The molecule has 27 heavy (non-hydrogen) atoms. The van der Waals surface area contributed by atoms with Gasteiger partial charge in [0.2, 0.25) is 15.9 Å². The van der Waals surface area contributed by atoms with Crippen molar-refractivity contribution in [3.05, 3.63) is 53.6 Å². The Kier molecular flexibility index (Phi) is 6.54. The fraction of sp³-hybridized carbons (Fsp3) is 0.222. The van der Waals surface area contributed by atoms with Gasteiger partial charge in [-0.15, -0.1) is 0 Å². The summed E-state index contributed by atoms with van der Waals surface area (Å²) < 4.78 is 28.5. The molecule has 0 aliphatic carbocycles. The summed E-state index contributed by atoms with van der Waals surface area (Å²) in [6, 6.07) is 11.1. The summed E-state index contributed by atoms with van der Waals surface area (Å²) in [4.78, 5) is 24.3. The van der Waals surface area contributed by atoms with E-state index >= 15 is 0 Å². The van der Waals surface area contributed by atoms with Crippen molar-refractivity contribution >= 4 is 27.5 Å². The van der Waals surface area contributed by atoms with Crippen LogP contribution < -0.4 is 20.5 Å². The number of nitrogens with two attached hydrogens (primary N) is 1. The molecule has 8 nitrogen and oxygen atoms in total. The van der Waals surface area contributed by atoms with Gasteiger partial charge in [0.15, 0.2) is 0 Å². The van der Waals surface area contributed by atoms with Crippen LogP contribution in [-0.2, 0) is 14.8 Å². The minimum absolute atomic E-state index is 0.0741. The number of hydrogen-bond donors (Lipinski definition) is 3. The molecule has 9 heteroatoms. The van der Waals surface area contributed by atoms with E-state index in [1.54, 1.807) is 44.2 Å². The number of rotatable bonds is 7. The molecule has 0 bridgehead atoms. The summed E-state index contributed by atoms with van der Waals surface area (Å²) in [5.74, 6) is -0.543. The third-order valence-electron chi connectivity index (χ3n) is 3.62. The average molecular weight is 391 g/mol. The van der Waals surface area contributed by atoms with E-state index in [0.717, 1.165) is 0 Å². The Morgan fingerprint density at radius 2 is 1.85 bits per heavy atom. The van der Waals surface area contributed by atoms with E-state index in [1.165, 1.54) is 12.1 Å². The molecule has 0 radical (unpaired) electrons. The van der Waals surface area contributed by atoms with E-state index in [9.17, 15) is 18.0 Å². The summed E-state index contributed by atoms with van der Waals surface area (Å²) in [6.07, 6.45) is 0. The number of amides is 2. The molecular weight excluding hydrogens is 370 g/mol. The first-order valence-corrected chi connectivity index (χ1v) is 9.70. The fourth-order valence-corrected chi connectivity index (χ4v) is 3.19. The molecule has 0 aliphatic rings. The third-order valence-corrected chi connectivity index (χ3v) is 4.67. The number of primary sulfonamides is 1. The summed E-state index contributed by atoms with van der Waals surface area (Å²) in [5.41, 5.74) is 1.05. The minimum Gasteiger partial charge on any atom is -0.493 e. The number of carbonyl (C=O) groups excluding carboxylic acids is 2. The monoisotopic (exact) mass is 391 g/mol. The highest BCUT2D eigenvalue weighted by Crippen LogP contribution is 2.19. The standard InChI is InChI=1S/C18H21N3O5S/c1-3-26-15-7-5-4-6-14(15)18(23)20-11-17(22)21-13-9-8-12(2)16(10-13)27(19,24)25/h4-10H,3,11H2,1-2H3,(H,20,23)(H,21,22)(H2,19,24,25). The van der Waals surface area contributed by atoms with Gasteiger partial charge in [-0.2, -0.15) is 0 Å². The molecule has 0 fully saturated rings. The number of aryl methyl sites for hydroxylation is 1. The maximum absolute atomic E-state index is 12.3. The number of anilines is 1. The van der Waals surface area contributed by atoms with Crippen LogP contribution in [0.2, 0.25) is 0 Å². The van der Waals surface area contributed by atoms with Gasteiger partial charge in [-0.25, -0.2) is 13.6 Å². The average Bonchev–Trinajstić information content (AvgIpc) is 2.61. The Bertz CT molecular complexity index is 957. The normalized spacial score (nSPS) is 10.9. The Morgan fingerprint density at radius 1 is 1.15 bits per heavy atom. The molecule has 0 saturated heterocycles. The van der Waals surface area contributed by atoms with E-state index < -0.39 is 21.8 Å². The predicted octanol–water partition coefficient (Wildman–Crippen LogP) is 1.41. The van der Waals surface area contributed by atoms with Gasteiger partial charge in [0.05, 0.1) is 23.6 Å². The van der Waals surface area contributed by atoms with Crippen molar-refractivity contribution in [2.45, 2.75) is 18.7 Å². The molecule has 0 unspecified atom stereocenters. The smallest absolute Gasteiger partial charge is 0.255 e. The number of para-hydroxylation sites is 1. The van der Waals surface area contributed by atoms with E-state index in [1.807, 2.05) is 0 Å². The second-order valence-electron chi connectivity index (χ2n) is 5.69. The predicted molar refractivity (Wildman–Crippen MR) is 101 cm³/mol. The van der Waals surface area contributed by atoms with Crippen LogP contribution in [0.4, 0.5) is 5.69 Å². The zero-order chi connectivity index (χ0) is 20.0. The maximum Gasteiger partial charge on any atom is 0.255 e. The van der Waals surface area contributed by atoms with Crippen LogP contribution in [0.1, 0.15) is 22.8 Å². The summed E-state index contributed by atoms with van der Waals surface area (Å²) in [5, 5.41) is 10.2. The summed E-state index contributed by atoms with van der Waals surface area (Å²) in [6.45, 7) is 3.52. The first-order valence-electron chi connectivity index (χ1n) is 8.15. The van der Waals surface area contributed by atoms with Crippen LogP contribution in [-0.4, -0.2) is 33.4 Å². The SMILES string of the molecule is CCOc1ccccc1C(=O)NCC(=O)Nc1ccc(C)c(S(N)(=O)=O)c1. The number of nitrogens with one attached hydrogen (secondary N) is 2. The van der Waals surface area contributed by atoms with Crippen LogP contribution in [0.15, 0.2) is 47.4 Å². The third kappa shape index (κ3) is 5.53. The van der Waals surface area contributed by atoms with Gasteiger partial charge in [-0.05, 0) is 43.7 Å². The van der Waals surface area contributed by atoms with Crippen molar-refractivity contribution in [2.24, 2.45) is 5.14 Å². The highest BCUT2D eigenvalue weighted by Gasteiger charge is 2.15. The zero-order valence-electron chi connectivity index (χ0n) is 15.0. The van der Waals surface area contributed by atoms with Crippen molar-refractivity contribution in [3.63, 3.8) is 0 Å². The van der Waals surface area contributed by atoms with Crippen LogP contribution in [0.5, 0.6) is 5.75 Å². The Hall–Kier alpha value is -2.91. The van der Waals surface area contributed by atoms with Gasteiger partial charge in [0, 0.05) is 5.69 Å². The van der Waals surface area contributed by atoms with Gasteiger partial charge in [0.25, 0.3) is 5.91 Å². The van der Waals surface area contributed by atoms with Gasteiger partial charge in [-0.1, -0.05) is 18.2 Å². The number of carbonyl (C=O) groups is 2. The lowest BCUT2D eigenvalue weighted by molar-refractivity contribution is -0.115. The molecule has 2 rings (SSSR count). The molecule has 0 atom stereocenters. The lowest BCUT2D eigenvalue weighted by atomic mass is 10.2.